The number of nitrogens with zero attached hydrogens (tertiary/aromatic N) is 1. The number of hydrogen-bond acceptors (Lipinski definition) is 5. The maximum absolute atomic E-state index is 14.4. The van der Waals surface area contributed by atoms with Crippen molar-refractivity contribution in [2.45, 2.75) is 24.5 Å². The van der Waals surface area contributed by atoms with Crippen molar-refractivity contribution in [3.8, 4) is 5.75 Å². The topological polar surface area (TPSA) is 65.1 Å². The van der Waals surface area contributed by atoms with Crippen molar-refractivity contribution in [1.29, 1.82) is 0 Å². The van der Waals surface area contributed by atoms with E-state index in [-0.39, 0.29) is 17.7 Å². The number of ether oxygens (including phenoxy) is 3. The Morgan fingerprint density at radius 2 is 1.40 bits per heavy atom. The maximum atomic E-state index is 14.4. The molecule has 1 aliphatic heterocycles. The highest BCUT2D eigenvalue weighted by atomic mass is 16.7. The van der Waals surface area contributed by atoms with Gasteiger partial charge in [0.05, 0.1) is 29.5 Å². The molecule has 1 heterocycles. The number of hydrogen-bond donors (Lipinski definition) is 0. The van der Waals surface area contributed by atoms with E-state index in [0.29, 0.717) is 18.0 Å². The molecule has 3 aromatic carbocycles. The van der Waals surface area contributed by atoms with Crippen molar-refractivity contribution in [3.63, 3.8) is 0 Å². The Labute approximate surface area is 204 Å². The second-order valence-corrected chi connectivity index (χ2v) is 9.24. The molecule has 3 aliphatic carbocycles. The molecule has 1 saturated heterocycles. The quantitative estimate of drug-likeness (QED) is 0.399. The highest BCUT2D eigenvalue weighted by Gasteiger charge is 2.71. The molecule has 0 aromatic heterocycles. The smallest absolute Gasteiger partial charge is 0.239 e. The minimum absolute atomic E-state index is 0.212. The number of carbonyl (C=O) groups excluding carboxylic acids is 2. The minimum Gasteiger partial charge on any atom is -0.492 e. The highest BCUT2D eigenvalue weighted by Crippen LogP contribution is 2.66. The van der Waals surface area contributed by atoms with Gasteiger partial charge in [-0.1, -0.05) is 60.7 Å². The molecule has 0 spiro atoms. The summed E-state index contributed by atoms with van der Waals surface area (Å²) in [5, 5.41) is 0. The van der Waals surface area contributed by atoms with E-state index in [0.717, 1.165) is 22.3 Å². The van der Waals surface area contributed by atoms with Crippen LogP contribution >= 0.6 is 0 Å². The Bertz CT molecular complexity index is 1280. The third-order valence-corrected chi connectivity index (χ3v) is 7.89. The van der Waals surface area contributed by atoms with Gasteiger partial charge in [0, 0.05) is 20.1 Å². The molecule has 6 heteroatoms. The van der Waals surface area contributed by atoms with Crippen LogP contribution in [0.25, 0.3) is 0 Å². The molecule has 2 amide bonds. The van der Waals surface area contributed by atoms with Gasteiger partial charge in [-0.3, -0.25) is 9.59 Å². The van der Waals surface area contributed by atoms with Crippen LogP contribution in [0, 0.1) is 11.8 Å². The van der Waals surface area contributed by atoms with Gasteiger partial charge in [-0.05, 0) is 41.3 Å². The molecule has 178 valence electrons. The first-order chi connectivity index (χ1) is 17.1. The summed E-state index contributed by atoms with van der Waals surface area (Å²) in [6, 6.07) is 23.4. The third kappa shape index (κ3) is 2.66. The van der Waals surface area contributed by atoms with E-state index < -0.39 is 23.5 Å². The number of amides is 2. The van der Waals surface area contributed by atoms with Crippen LogP contribution < -0.4 is 9.64 Å². The third-order valence-electron chi connectivity index (χ3n) is 7.89. The molecule has 1 fully saturated rings. The second kappa shape index (κ2) is 8.04. The Morgan fingerprint density at radius 1 is 0.829 bits per heavy atom. The molecule has 2 bridgehead atoms. The van der Waals surface area contributed by atoms with Gasteiger partial charge in [-0.2, -0.15) is 0 Å². The van der Waals surface area contributed by atoms with Gasteiger partial charge in [0.25, 0.3) is 0 Å². The summed E-state index contributed by atoms with van der Waals surface area (Å²) in [6.07, 6.45) is -0.766. The lowest BCUT2D eigenvalue weighted by Gasteiger charge is -2.56. The molecule has 2 unspecified atom stereocenters. The molecule has 7 rings (SSSR count). The Balaban J connectivity index is 1.65. The van der Waals surface area contributed by atoms with E-state index in [1.165, 1.54) is 4.90 Å². The summed E-state index contributed by atoms with van der Waals surface area (Å²) in [7, 11) is 3.18. The first kappa shape index (κ1) is 22.0. The lowest BCUT2D eigenvalue weighted by atomic mass is 9.47. The van der Waals surface area contributed by atoms with Gasteiger partial charge in [0.15, 0.2) is 6.29 Å². The lowest BCUT2D eigenvalue weighted by molar-refractivity contribution is -0.168. The number of anilines is 1. The minimum atomic E-state index is -0.974. The summed E-state index contributed by atoms with van der Waals surface area (Å²) in [5.41, 5.74) is 3.57. The fraction of sp³-hybridized carbons (Fsp3) is 0.310. The SMILES string of the molecule is CCOc1ccccc1N1C(=O)C2C3c4ccccc4C(C(OC)OC)(c4ccccc43)C2C1=O. The normalized spacial score (nSPS) is 26.1. The van der Waals surface area contributed by atoms with Crippen molar-refractivity contribution < 1.29 is 23.8 Å². The van der Waals surface area contributed by atoms with Crippen molar-refractivity contribution in [2.75, 3.05) is 25.7 Å². The van der Waals surface area contributed by atoms with Crippen LogP contribution in [0.4, 0.5) is 5.69 Å². The largest absolute Gasteiger partial charge is 0.492 e. The van der Waals surface area contributed by atoms with E-state index in [1.54, 1.807) is 26.4 Å². The summed E-state index contributed by atoms with van der Waals surface area (Å²) >= 11 is 0. The van der Waals surface area contributed by atoms with E-state index >= 15 is 0 Å². The lowest BCUT2D eigenvalue weighted by Crippen LogP contribution is -2.60. The molecule has 0 N–H and O–H groups in total. The molecule has 2 atom stereocenters. The number of para-hydroxylation sites is 2. The van der Waals surface area contributed by atoms with E-state index in [1.807, 2.05) is 55.5 Å². The van der Waals surface area contributed by atoms with Crippen LogP contribution in [0.1, 0.15) is 35.1 Å². The summed E-state index contributed by atoms with van der Waals surface area (Å²) < 4.78 is 17.7. The summed E-state index contributed by atoms with van der Waals surface area (Å²) in [4.78, 5) is 30.0. The van der Waals surface area contributed by atoms with Gasteiger partial charge in [-0.25, -0.2) is 4.90 Å². The predicted molar refractivity (Wildman–Crippen MR) is 130 cm³/mol. The Morgan fingerprint density at radius 3 is 2.00 bits per heavy atom. The van der Waals surface area contributed by atoms with Crippen LogP contribution in [-0.2, 0) is 24.5 Å². The number of benzene rings is 3. The average Bonchev–Trinajstić information content (AvgIpc) is 3.16. The summed E-state index contributed by atoms with van der Waals surface area (Å²) in [6.45, 7) is 2.31. The van der Waals surface area contributed by atoms with E-state index in [2.05, 4.69) is 12.1 Å². The van der Waals surface area contributed by atoms with Crippen LogP contribution in [0.2, 0.25) is 0 Å². The second-order valence-electron chi connectivity index (χ2n) is 9.24. The molecular weight excluding hydrogens is 442 g/mol. The molecule has 4 aliphatic rings. The van der Waals surface area contributed by atoms with Gasteiger partial charge >= 0.3 is 0 Å². The Hall–Kier alpha value is -3.48. The van der Waals surface area contributed by atoms with Crippen molar-refractivity contribution >= 4 is 17.5 Å². The van der Waals surface area contributed by atoms with Crippen molar-refractivity contribution in [1.82, 2.24) is 0 Å². The predicted octanol–water partition coefficient (Wildman–Crippen LogP) is 4.26. The number of carbonyl (C=O) groups is 2. The fourth-order valence-corrected chi connectivity index (χ4v) is 6.86. The van der Waals surface area contributed by atoms with Gasteiger partial charge in [0.1, 0.15) is 5.75 Å². The molecule has 3 aromatic rings. The first-order valence-corrected chi connectivity index (χ1v) is 11.9. The van der Waals surface area contributed by atoms with Gasteiger partial charge in [-0.15, -0.1) is 0 Å². The van der Waals surface area contributed by atoms with Crippen LogP contribution in [0.5, 0.6) is 5.75 Å². The average molecular weight is 470 g/mol. The molecule has 0 saturated carbocycles. The monoisotopic (exact) mass is 469 g/mol. The maximum Gasteiger partial charge on any atom is 0.239 e. The van der Waals surface area contributed by atoms with Crippen LogP contribution in [0.15, 0.2) is 72.8 Å². The highest BCUT2D eigenvalue weighted by molar-refractivity contribution is 6.24. The van der Waals surface area contributed by atoms with E-state index in [9.17, 15) is 9.59 Å². The standard InChI is InChI=1S/C29H27NO5/c1-4-35-22-16-10-9-15-21(22)30-26(31)24-23-17-11-5-7-13-19(17)29(25(24)27(30)32,28(33-2)34-3)20-14-8-6-12-18(20)23/h5-16,23-25,28H,4H2,1-3H3. The molecule has 6 nitrogen and oxygen atoms in total. The number of rotatable bonds is 6. The molecular formula is C29H27NO5. The van der Waals surface area contributed by atoms with Crippen molar-refractivity contribution in [3.05, 3.63) is 95.1 Å². The molecule has 35 heavy (non-hydrogen) atoms. The zero-order valence-corrected chi connectivity index (χ0v) is 19.9. The Kier molecular flexibility index (Phi) is 5.06. The zero-order chi connectivity index (χ0) is 24.3. The number of methoxy groups -OCH3 is 2. The molecule has 0 radical (unpaired) electrons. The van der Waals surface area contributed by atoms with Crippen molar-refractivity contribution in [2.24, 2.45) is 11.8 Å². The number of imide groups is 1. The first-order valence-electron chi connectivity index (χ1n) is 11.9. The van der Waals surface area contributed by atoms with Crippen LogP contribution in [-0.4, -0.2) is 38.9 Å². The van der Waals surface area contributed by atoms with Crippen LogP contribution in [0.3, 0.4) is 0 Å². The van der Waals surface area contributed by atoms with E-state index in [4.69, 9.17) is 14.2 Å². The summed E-state index contributed by atoms with van der Waals surface area (Å²) in [5.74, 6) is -1.43. The zero-order valence-electron chi connectivity index (χ0n) is 19.9. The fourth-order valence-electron chi connectivity index (χ4n) is 6.86. The van der Waals surface area contributed by atoms with Gasteiger partial charge < -0.3 is 14.2 Å². The van der Waals surface area contributed by atoms with Gasteiger partial charge in [0.2, 0.25) is 11.8 Å².